The molecule has 0 spiro atoms. The van der Waals surface area contributed by atoms with E-state index in [1.807, 2.05) is 0 Å². The van der Waals surface area contributed by atoms with Crippen LogP contribution in [0.1, 0.15) is 6.92 Å². The number of nitro benzene ring substituents is 1. The zero-order valence-electron chi connectivity index (χ0n) is 9.10. The number of H-pyrrole nitrogens is 1. The van der Waals surface area contributed by atoms with Crippen LogP contribution in [0.5, 0.6) is 5.75 Å². The third-order valence-corrected chi connectivity index (χ3v) is 2.30. The van der Waals surface area contributed by atoms with Crippen LogP contribution >= 0.6 is 0 Å². The van der Waals surface area contributed by atoms with E-state index in [1.165, 1.54) is 24.3 Å². The van der Waals surface area contributed by atoms with Crippen molar-refractivity contribution in [3.63, 3.8) is 0 Å². The zero-order chi connectivity index (χ0) is 12.4. The van der Waals surface area contributed by atoms with E-state index in [0.717, 1.165) is 0 Å². The first-order valence-electron chi connectivity index (χ1n) is 5.06. The molecule has 1 aromatic carbocycles. The van der Waals surface area contributed by atoms with Gasteiger partial charge in [-0.2, -0.15) is 0 Å². The number of nitro groups is 1. The maximum atomic E-state index is 11.3. The quantitative estimate of drug-likeness (QED) is 0.648. The van der Waals surface area contributed by atoms with Gasteiger partial charge in [0, 0.05) is 23.6 Å². The molecule has 0 saturated heterocycles. The second-order valence-electron chi connectivity index (χ2n) is 3.42. The monoisotopic (exact) mass is 234 g/mol. The molecule has 0 bridgehead atoms. The summed E-state index contributed by atoms with van der Waals surface area (Å²) in [5, 5.41) is 11.2. The van der Waals surface area contributed by atoms with Crippen molar-refractivity contribution in [2.75, 3.05) is 6.61 Å². The number of benzene rings is 1. The highest BCUT2D eigenvalue weighted by Gasteiger charge is 2.10. The van der Waals surface area contributed by atoms with Gasteiger partial charge < -0.3 is 9.72 Å². The first-order chi connectivity index (χ1) is 8.11. The lowest BCUT2D eigenvalue weighted by atomic mass is 10.2. The van der Waals surface area contributed by atoms with Gasteiger partial charge in [0.25, 0.3) is 11.2 Å². The SMILES string of the molecule is CCOc1cc(=O)[nH]c2ccc([N+](=O)[O-])cc12. The predicted octanol–water partition coefficient (Wildman–Crippen LogP) is 1.83. The lowest BCUT2D eigenvalue weighted by Gasteiger charge is -2.06. The topological polar surface area (TPSA) is 85.2 Å². The minimum absolute atomic E-state index is 0.0366. The zero-order valence-corrected chi connectivity index (χ0v) is 9.10. The summed E-state index contributed by atoms with van der Waals surface area (Å²) < 4.78 is 5.29. The minimum atomic E-state index is -0.486. The molecule has 6 nitrogen and oxygen atoms in total. The molecule has 0 amide bonds. The van der Waals surface area contributed by atoms with Crippen LogP contribution in [0.25, 0.3) is 10.9 Å². The van der Waals surface area contributed by atoms with Gasteiger partial charge in [-0.25, -0.2) is 0 Å². The van der Waals surface area contributed by atoms with Crippen molar-refractivity contribution in [3.8, 4) is 5.75 Å². The number of nitrogens with zero attached hydrogens (tertiary/aromatic N) is 1. The van der Waals surface area contributed by atoms with Gasteiger partial charge in [-0.1, -0.05) is 0 Å². The van der Waals surface area contributed by atoms with Gasteiger partial charge in [0.2, 0.25) is 0 Å². The molecule has 0 aliphatic heterocycles. The van der Waals surface area contributed by atoms with E-state index in [2.05, 4.69) is 4.98 Å². The molecule has 0 radical (unpaired) electrons. The number of nitrogens with one attached hydrogen (secondary N) is 1. The van der Waals surface area contributed by atoms with Crippen LogP contribution in [-0.4, -0.2) is 16.5 Å². The molecular formula is C11H10N2O4. The number of pyridine rings is 1. The molecule has 0 fully saturated rings. The fraction of sp³-hybridized carbons (Fsp3) is 0.182. The minimum Gasteiger partial charge on any atom is -0.493 e. The molecule has 0 atom stereocenters. The van der Waals surface area contributed by atoms with Crippen molar-refractivity contribution >= 4 is 16.6 Å². The average molecular weight is 234 g/mol. The highest BCUT2D eigenvalue weighted by Crippen LogP contribution is 2.26. The van der Waals surface area contributed by atoms with E-state index in [-0.39, 0.29) is 11.2 Å². The van der Waals surface area contributed by atoms with Gasteiger partial charge in [-0.05, 0) is 13.0 Å². The average Bonchev–Trinajstić information content (AvgIpc) is 2.28. The number of hydrogen-bond acceptors (Lipinski definition) is 4. The molecule has 2 aromatic rings. The molecule has 2 rings (SSSR count). The normalized spacial score (nSPS) is 10.4. The van der Waals surface area contributed by atoms with Gasteiger partial charge >= 0.3 is 0 Å². The van der Waals surface area contributed by atoms with E-state index < -0.39 is 4.92 Å². The second-order valence-corrected chi connectivity index (χ2v) is 3.42. The van der Waals surface area contributed by atoms with E-state index in [4.69, 9.17) is 4.74 Å². The second kappa shape index (κ2) is 4.25. The van der Waals surface area contributed by atoms with Crippen molar-refractivity contribution in [2.45, 2.75) is 6.92 Å². The summed E-state index contributed by atoms with van der Waals surface area (Å²) in [6.45, 7) is 2.17. The maximum absolute atomic E-state index is 11.3. The molecular weight excluding hydrogens is 224 g/mol. The lowest BCUT2D eigenvalue weighted by Crippen LogP contribution is -2.06. The highest BCUT2D eigenvalue weighted by atomic mass is 16.6. The van der Waals surface area contributed by atoms with Gasteiger partial charge in [0.05, 0.1) is 17.0 Å². The van der Waals surface area contributed by atoms with E-state index in [0.29, 0.717) is 23.3 Å². The molecule has 6 heteroatoms. The number of fused-ring (bicyclic) bond motifs is 1. The maximum Gasteiger partial charge on any atom is 0.270 e. The van der Waals surface area contributed by atoms with Crippen LogP contribution in [0.4, 0.5) is 5.69 Å². The van der Waals surface area contributed by atoms with Crippen LogP contribution in [0, 0.1) is 10.1 Å². The number of hydrogen-bond donors (Lipinski definition) is 1. The Hall–Kier alpha value is -2.37. The van der Waals surface area contributed by atoms with Crippen molar-refractivity contribution < 1.29 is 9.66 Å². The Kier molecular flexibility index (Phi) is 2.78. The first kappa shape index (κ1) is 11.1. The number of rotatable bonds is 3. The van der Waals surface area contributed by atoms with Crippen molar-refractivity contribution in [1.82, 2.24) is 4.98 Å². The highest BCUT2D eigenvalue weighted by molar-refractivity contribution is 5.86. The number of ether oxygens (including phenoxy) is 1. The number of aromatic nitrogens is 1. The molecule has 0 saturated carbocycles. The van der Waals surface area contributed by atoms with Crippen LogP contribution in [0.15, 0.2) is 29.1 Å². The molecule has 1 N–H and O–H groups in total. The van der Waals surface area contributed by atoms with Crippen LogP contribution in [-0.2, 0) is 0 Å². The Morgan fingerprint density at radius 1 is 1.41 bits per heavy atom. The van der Waals surface area contributed by atoms with Gasteiger partial charge in [-0.15, -0.1) is 0 Å². The fourth-order valence-corrected chi connectivity index (χ4v) is 1.60. The van der Waals surface area contributed by atoms with E-state index in [1.54, 1.807) is 6.92 Å². The summed E-state index contributed by atoms with van der Waals surface area (Å²) in [4.78, 5) is 24.1. The smallest absolute Gasteiger partial charge is 0.270 e. The summed E-state index contributed by atoms with van der Waals surface area (Å²) in [5.41, 5.74) is 0.187. The van der Waals surface area contributed by atoms with Crippen LogP contribution in [0.2, 0.25) is 0 Å². The molecule has 0 aliphatic carbocycles. The molecule has 0 aliphatic rings. The Morgan fingerprint density at radius 3 is 2.82 bits per heavy atom. The summed E-state index contributed by atoms with van der Waals surface area (Å²) in [6, 6.07) is 5.51. The third-order valence-electron chi connectivity index (χ3n) is 2.30. The summed E-state index contributed by atoms with van der Waals surface area (Å²) in [7, 11) is 0. The van der Waals surface area contributed by atoms with Crippen molar-refractivity contribution in [3.05, 3.63) is 44.7 Å². The predicted molar refractivity (Wildman–Crippen MR) is 62.4 cm³/mol. The largest absolute Gasteiger partial charge is 0.493 e. The number of non-ortho nitro benzene ring substituents is 1. The Morgan fingerprint density at radius 2 is 2.18 bits per heavy atom. The first-order valence-corrected chi connectivity index (χ1v) is 5.06. The van der Waals surface area contributed by atoms with Crippen molar-refractivity contribution in [2.24, 2.45) is 0 Å². The Bertz CT molecular complexity index is 633. The molecule has 88 valence electrons. The third kappa shape index (κ3) is 2.10. The fourth-order valence-electron chi connectivity index (χ4n) is 1.60. The van der Waals surface area contributed by atoms with Gasteiger partial charge in [0.15, 0.2) is 0 Å². The standard InChI is InChI=1S/C11H10N2O4/c1-2-17-10-6-11(14)12-9-4-3-7(13(15)16)5-8(9)10/h3-6H,2H2,1H3,(H,12,14). The Labute approximate surface area is 96.0 Å². The lowest BCUT2D eigenvalue weighted by molar-refractivity contribution is -0.384. The molecule has 1 heterocycles. The molecule has 1 aromatic heterocycles. The van der Waals surface area contributed by atoms with E-state index in [9.17, 15) is 14.9 Å². The van der Waals surface area contributed by atoms with E-state index >= 15 is 0 Å². The van der Waals surface area contributed by atoms with Crippen molar-refractivity contribution in [1.29, 1.82) is 0 Å². The van der Waals surface area contributed by atoms with Gasteiger partial charge in [0.1, 0.15) is 5.75 Å². The molecule has 0 unspecified atom stereocenters. The summed E-state index contributed by atoms with van der Waals surface area (Å²) in [6.07, 6.45) is 0. The Balaban J connectivity index is 2.73. The summed E-state index contributed by atoms with van der Waals surface area (Å²) in [5.74, 6) is 0.356. The van der Waals surface area contributed by atoms with Crippen LogP contribution < -0.4 is 10.3 Å². The summed E-state index contributed by atoms with van der Waals surface area (Å²) >= 11 is 0. The number of aromatic amines is 1. The molecule has 17 heavy (non-hydrogen) atoms. The van der Waals surface area contributed by atoms with Gasteiger partial charge in [-0.3, -0.25) is 14.9 Å². The van der Waals surface area contributed by atoms with Crippen LogP contribution in [0.3, 0.4) is 0 Å².